The Bertz CT molecular complexity index is 1080. The summed E-state index contributed by atoms with van der Waals surface area (Å²) in [4.78, 5) is 32.9. The average molecular weight is 550 g/mol. The minimum Gasteiger partial charge on any atom is -0.493 e. The minimum absolute atomic E-state index is 0.101. The number of aromatic nitrogens is 1. The summed E-state index contributed by atoms with van der Waals surface area (Å²) >= 11 is 12.8. The number of carboxylic acids is 1. The fourth-order valence-corrected chi connectivity index (χ4v) is 5.70. The van der Waals surface area contributed by atoms with Crippen LogP contribution in [0.1, 0.15) is 61.7 Å². The van der Waals surface area contributed by atoms with Gasteiger partial charge < -0.3 is 24.4 Å². The van der Waals surface area contributed by atoms with E-state index in [4.69, 9.17) is 37.8 Å². The van der Waals surface area contributed by atoms with Crippen LogP contribution < -0.4 is 14.4 Å². The summed E-state index contributed by atoms with van der Waals surface area (Å²) in [6.07, 6.45) is 9.46. The largest absolute Gasteiger partial charge is 0.493 e. The molecule has 1 aliphatic heterocycles. The molecule has 1 aromatic heterocycles. The number of carbonyl (C=O) groups is 2. The molecule has 37 heavy (non-hydrogen) atoms. The van der Waals surface area contributed by atoms with Crippen molar-refractivity contribution in [2.45, 2.75) is 63.5 Å². The molecule has 1 saturated heterocycles. The van der Waals surface area contributed by atoms with Crippen LogP contribution in [0.4, 0.5) is 5.69 Å². The number of carboxylic acid groups (broad SMARTS) is 1. The molecule has 0 unspecified atom stereocenters. The second-order valence-corrected chi connectivity index (χ2v) is 10.4. The number of hydrogen-bond donors (Lipinski definition) is 1. The number of hydrogen-bond acceptors (Lipinski definition) is 6. The zero-order valence-electron chi connectivity index (χ0n) is 21.0. The number of aliphatic carboxylic acids is 1. The normalized spacial score (nSPS) is 17.1. The molecule has 2 aliphatic rings. The molecule has 1 aromatic carbocycles. The maximum Gasteiger partial charge on any atom is 0.303 e. The molecule has 1 saturated carbocycles. The van der Waals surface area contributed by atoms with E-state index < -0.39 is 5.97 Å². The lowest BCUT2D eigenvalue weighted by Crippen LogP contribution is -2.48. The van der Waals surface area contributed by atoms with Gasteiger partial charge in [-0.1, -0.05) is 23.2 Å². The molecule has 8 nitrogen and oxygen atoms in total. The molecule has 2 aromatic rings. The van der Waals surface area contributed by atoms with Crippen molar-refractivity contribution >= 4 is 40.8 Å². The smallest absolute Gasteiger partial charge is 0.303 e. The number of amides is 1. The number of ether oxygens (including phenoxy) is 2. The van der Waals surface area contributed by atoms with Crippen LogP contribution in [0.3, 0.4) is 0 Å². The highest BCUT2D eigenvalue weighted by molar-refractivity contribution is 6.40. The van der Waals surface area contributed by atoms with Gasteiger partial charge in [0.25, 0.3) is 5.91 Å². The van der Waals surface area contributed by atoms with E-state index in [1.165, 1.54) is 12.4 Å². The van der Waals surface area contributed by atoms with Crippen molar-refractivity contribution in [1.29, 1.82) is 0 Å². The minimum atomic E-state index is -0.784. The summed E-state index contributed by atoms with van der Waals surface area (Å²) in [5.74, 6) is 0.158. The summed E-state index contributed by atoms with van der Waals surface area (Å²) in [7, 11) is 1.61. The summed E-state index contributed by atoms with van der Waals surface area (Å²) in [5.41, 5.74) is 0.906. The van der Waals surface area contributed by atoms with Crippen LogP contribution in [0.5, 0.6) is 11.5 Å². The molecule has 2 fully saturated rings. The SMILES string of the molecule is COc1ccc(N(C(=O)c2c(Cl)cncc2Cl)C2CCN(CCCC(=O)O)CC2)cc1OC1CCCC1. The lowest BCUT2D eigenvalue weighted by Gasteiger charge is -2.39. The summed E-state index contributed by atoms with van der Waals surface area (Å²) < 4.78 is 11.9. The van der Waals surface area contributed by atoms with Crippen molar-refractivity contribution in [3.8, 4) is 11.5 Å². The predicted molar refractivity (Wildman–Crippen MR) is 143 cm³/mol. The average Bonchev–Trinajstić information content (AvgIpc) is 3.38. The van der Waals surface area contributed by atoms with Crippen molar-refractivity contribution in [2.24, 2.45) is 0 Å². The molecule has 1 amide bonds. The third kappa shape index (κ3) is 6.86. The monoisotopic (exact) mass is 549 g/mol. The van der Waals surface area contributed by atoms with E-state index in [-0.39, 0.29) is 40.1 Å². The van der Waals surface area contributed by atoms with Crippen LogP contribution in [-0.4, -0.2) is 65.8 Å². The Kier molecular flexibility index (Phi) is 9.51. The molecule has 1 aliphatic carbocycles. The number of pyridine rings is 1. The summed E-state index contributed by atoms with van der Waals surface area (Å²) in [6, 6.07) is 5.46. The van der Waals surface area contributed by atoms with Crippen molar-refractivity contribution in [3.63, 3.8) is 0 Å². The zero-order chi connectivity index (χ0) is 26.4. The molecular formula is C27H33Cl2N3O5. The molecule has 1 N–H and O–H groups in total. The van der Waals surface area contributed by atoms with E-state index in [1.807, 2.05) is 18.2 Å². The first-order valence-corrected chi connectivity index (χ1v) is 13.5. The Morgan fingerprint density at radius 1 is 1.08 bits per heavy atom. The van der Waals surface area contributed by atoms with Crippen LogP contribution in [0.2, 0.25) is 10.0 Å². The second-order valence-electron chi connectivity index (χ2n) is 9.58. The first-order valence-electron chi connectivity index (χ1n) is 12.8. The molecule has 4 rings (SSSR count). The Morgan fingerprint density at radius 2 is 1.76 bits per heavy atom. The molecule has 0 atom stereocenters. The topological polar surface area (TPSA) is 92.2 Å². The van der Waals surface area contributed by atoms with Crippen LogP contribution in [0.15, 0.2) is 30.6 Å². The highest BCUT2D eigenvalue weighted by atomic mass is 35.5. The molecule has 10 heteroatoms. The van der Waals surface area contributed by atoms with E-state index in [2.05, 4.69) is 9.88 Å². The van der Waals surface area contributed by atoms with E-state index in [0.29, 0.717) is 23.6 Å². The zero-order valence-corrected chi connectivity index (χ0v) is 22.5. The van der Waals surface area contributed by atoms with E-state index in [0.717, 1.165) is 58.2 Å². The van der Waals surface area contributed by atoms with Crippen LogP contribution in [0.25, 0.3) is 0 Å². The number of halogens is 2. The van der Waals surface area contributed by atoms with Crippen LogP contribution in [-0.2, 0) is 4.79 Å². The van der Waals surface area contributed by atoms with Gasteiger partial charge in [-0.25, -0.2) is 0 Å². The quantitative estimate of drug-likeness (QED) is 0.406. The number of methoxy groups -OCH3 is 1. The van der Waals surface area contributed by atoms with Crippen molar-refractivity contribution in [2.75, 3.05) is 31.6 Å². The molecule has 0 radical (unpaired) electrons. The summed E-state index contributed by atoms with van der Waals surface area (Å²) in [5, 5.41) is 9.34. The van der Waals surface area contributed by atoms with Gasteiger partial charge in [-0.3, -0.25) is 14.6 Å². The number of carbonyl (C=O) groups excluding carboxylic acids is 1. The van der Waals surface area contributed by atoms with Gasteiger partial charge in [0.1, 0.15) is 0 Å². The number of piperidine rings is 1. The number of anilines is 1. The molecule has 2 heterocycles. The summed E-state index contributed by atoms with van der Waals surface area (Å²) in [6.45, 7) is 2.23. The van der Waals surface area contributed by atoms with Gasteiger partial charge in [0.15, 0.2) is 11.5 Å². The van der Waals surface area contributed by atoms with Gasteiger partial charge >= 0.3 is 5.97 Å². The lowest BCUT2D eigenvalue weighted by atomic mass is 10.0. The Hall–Kier alpha value is -2.55. The van der Waals surface area contributed by atoms with Gasteiger partial charge in [0.05, 0.1) is 28.8 Å². The van der Waals surface area contributed by atoms with Crippen LogP contribution >= 0.6 is 23.2 Å². The molecule has 0 bridgehead atoms. The van der Waals surface area contributed by atoms with E-state index in [9.17, 15) is 9.59 Å². The Balaban J connectivity index is 1.62. The van der Waals surface area contributed by atoms with Gasteiger partial charge in [-0.05, 0) is 63.6 Å². The lowest BCUT2D eigenvalue weighted by molar-refractivity contribution is -0.137. The van der Waals surface area contributed by atoms with Gasteiger partial charge in [-0.2, -0.15) is 0 Å². The van der Waals surface area contributed by atoms with Crippen molar-refractivity contribution < 1.29 is 24.2 Å². The molecular weight excluding hydrogens is 517 g/mol. The predicted octanol–water partition coefficient (Wildman–Crippen LogP) is 5.69. The maximum atomic E-state index is 14.0. The first kappa shape index (κ1) is 27.5. The molecule has 0 spiro atoms. The Morgan fingerprint density at radius 3 is 2.38 bits per heavy atom. The molecule has 200 valence electrons. The van der Waals surface area contributed by atoms with E-state index >= 15 is 0 Å². The number of likely N-dealkylation sites (tertiary alicyclic amines) is 1. The second kappa shape index (κ2) is 12.8. The Labute approximate surface area is 227 Å². The third-order valence-corrected chi connectivity index (χ3v) is 7.67. The fraction of sp³-hybridized carbons (Fsp3) is 0.519. The van der Waals surface area contributed by atoms with Gasteiger partial charge in [-0.15, -0.1) is 0 Å². The number of rotatable bonds is 10. The number of benzene rings is 1. The van der Waals surface area contributed by atoms with E-state index in [1.54, 1.807) is 12.0 Å². The van der Waals surface area contributed by atoms with Crippen molar-refractivity contribution in [3.05, 3.63) is 46.2 Å². The van der Waals surface area contributed by atoms with Gasteiger partial charge in [0.2, 0.25) is 0 Å². The maximum absolute atomic E-state index is 14.0. The van der Waals surface area contributed by atoms with Crippen LogP contribution in [0, 0.1) is 0 Å². The first-order chi connectivity index (χ1) is 17.9. The highest BCUT2D eigenvalue weighted by Gasteiger charge is 2.33. The highest BCUT2D eigenvalue weighted by Crippen LogP contribution is 2.38. The number of nitrogens with zero attached hydrogens (tertiary/aromatic N) is 3. The standard InChI is InChI=1S/C27H33Cl2N3O5/c1-36-23-9-8-19(15-24(23)37-20-5-2-3-6-20)32(27(35)26-21(28)16-30-17-22(26)29)18-10-13-31(14-11-18)12-4-7-25(33)34/h8-9,15-18,20H,2-7,10-14H2,1H3,(H,33,34). The van der Waals surface area contributed by atoms with Crippen molar-refractivity contribution in [1.82, 2.24) is 9.88 Å². The third-order valence-electron chi connectivity index (χ3n) is 7.09. The fourth-order valence-electron chi connectivity index (χ4n) is 5.18. The van der Waals surface area contributed by atoms with Gasteiger partial charge in [0, 0.05) is 49.7 Å².